The van der Waals surface area contributed by atoms with Crippen molar-refractivity contribution < 1.29 is 14.0 Å². The standard InChI is InChI=1S/C19H19FN2O2S/c1-2-21-18(24)17(13-6-4-3-5-7-13)22-16(23)12-25-19(22)14-8-10-15(20)11-9-14/h3-11,17,19H,2,12H2,1H3,(H,21,24)/t17-,19+/m1/s1. The van der Waals surface area contributed by atoms with Gasteiger partial charge in [0.15, 0.2) is 0 Å². The molecule has 0 unspecified atom stereocenters. The highest BCUT2D eigenvalue weighted by Crippen LogP contribution is 2.43. The Morgan fingerprint density at radius 3 is 2.56 bits per heavy atom. The van der Waals surface area contributed by atoms with E-state index in [0.717, 1.165) is 11.1 Å². The Balaban J connectivity index is 2.01. The Morgan fingerprint density at radius 1 is 1.24 bits per heavy atom. The third kappa shape index (κ3) is 3.69. The number of rotatable bonds is 5. The second-order valence-electron chi connectivity index (χ2n) is 5.72. The lowest BCUT2D eigenvalue weighted by molar-refractivity contribution is -0.138. The van der Waals surface area contributed by atoms with Crippen LogP contribution in [-0.2, 0) is 9.59 Å². The number of benzene rings is 2. The van der Waals surface area contributed by atoms with Crippen LogP contribution in [0.4, 0.5) is 4.39 Å². The van der Waals surface area contributed by atoms with Crippen LogP contribution in [0, 0.1) is 5.82 Å². The maximum absolute atomic E-state index is 13.2. The molecule has 1 heterocycles. The number of hydrogen-bond acceptors (Lipinski definition) is 3. The van der Waals surface area contributed by atoms with Crippen LogP contribution in [0.2, 0.25) is 0 Å². The largest absolute Gasteiger partial charge is 0.354 e. The predicted octanol–water partition coefficient (Wildman–Crippen LogP) is 3.28. The molecular weight excluding hydrogens is 339 g/mol. The second-order valence-corrected chi connectivity index (χ2v) is 6.79. The van der Waals surface area contributed by atoms with Crippen LogP contribution in [0.3, 0.4) is 0 Å². The third-order valence-electron chi connectivity index (χ3n) is 4.05. The van der Waals surface area contributed by atoms with Gasteiger partial charge in [-0.2, -0.15) is 0 Å². The Kier molecular flexibility index (Phi) is 5.38. The Bertz CT molecular complexity index is 752. The van der Waals surface area contributed by atoms with Gasteiger partial charge in [0.1, 0.15) is 17.2 Å². The van der Waals surface area contributed by atoms with Gasteiger partial charge in [-0.25, -0.2) is 4.39 Å². The van der Waals surface area contributed by atoms with Gasteiger partial charge in [0.2, 0.25) is 11.8 Å². The molecule has 4 nitrogen and oxygen atoms in total. The fourth-order valence-corrected chi connectivity index (χ4v) is 4.14. The van der Waals surface area contributed by atoms with Gasteiger partial charge in [0.05, 0.1) is 5.75 Å². The van der Waals surface area contributed by atoms with Crippen molar-refractivity contribution in [1.29, 1.82) is 0 Å². The normalized spacial score (nSPS) is 18.2. The molecule has 130 valence electrons. The summed E-state index contributed by atoms with van der Waals surface area (Å²) in [5.74, 6) is -0.339. The number of likely N-dealkylation sites (N-methyl/N-ethyl adjacent to an activating group) is 1. The fraction of sp³-hybridized carbons (Fsp3) is 0.263. The van der Waals surface area contributed by atoms with Gasteiger partial charge in [0.25, 0.3) is 0 Å². The highest BCUT2D eigenvalue weighted by Gasteiger charge is 2.41. The molecule has 2 atom stereocenters. The summed E-state index contributed by atoms with van der Waals surface area (Å²) in [5.41, 5.74) is 1.57. The van der Waals surface area contributed by atoms with Crippen molar-refractivity contribution in [3.63, 3.8) is 0 Å². The monoisotopic (exact) mass is 358 g/mol. The van der Waals surface area contributed by atoms with Crippen LogP contribution in [-0.4, -0.2) is 29.0 Å². The van der Waals surface area contributed by atoms with Gasteiger partial charge in [-0.1, -0.05) is 42.5 Å². The number of halogens is 1. The molecule has 0 spiro atoms. The number of thioether (sulfide) groups is 1. The van der Waals surface area contributed by atoms with E-state index in [1.165, 1.54) is 23.9 Å². The molecule has 0 radical (unpaired) electrons. The summed E-state index contributed by atoms with van der Waals surface area (Å²) in [6, 6.07) is 14.6. The Labute approximate surface area is 150 Å². The first-order chi connectivity index (χ1) is 12.1. The van der Waals surface area contributed by atoms with E-state index < -0.39 is 6.04 Å². The molecule has 6 heteroatoms. The predicted molar refractivity (Wildman–Crippen MR) is 96.3 cm³/mol. The van der Waals surface area contributed by atoms with Crippen LogP contribution in [0.5, 0.6) is 0 Å². The smallest absolute Gasteiger partial charge is 0.247 e. The molecule has 1 N–H and O–H groups in total. The van der Waals surface area contributed by atoms with Gasteiger partial charge in [-0.3, -0.25) is 9.59 Å². The quantitative estimate of drug-likeness (QED) is 0.892. The topological polar surface area (TPSA) is 49.4 Å². The van der Waals surface area contributed by atoms with Gasteiger partial charge >= 0.3 is 0 Å². The number of nitrogens with one attached hydrogen (secondary N) is 1. The van der Waals surface area contributed by atoms with Crippen molar-refractivity contribution in [1.82, 2.24) is 10.2 Å². The molecule has 2 aromatic rings. The van der Waals surface area contributed by atoms with E-state index in [1.807, 2.05) is 37.3 Å². The average molecular weight is 358 g/mol. The fourth-order valence-electron chi connectivity index (χ4n) is 2.94. The van der Waals surface area contributed by atoms with Crippen LogP contribution < -0.4 is 5.32 Å². The minimum atomic E-state index is -0.710. The molecular formula is C19H19FN2O2S. The zero-order valence-corrected chi connectivity index (χ0v) is 14.6. The molecule has 0 saturated carbocycles. The van der Waals surface area contributed by atoms with E-state index in [2.05, 4.69) is 5.32 Å². The van der Waals surface area contributed by atoms with E-state index >= 15 is 0 Å². The number of nitrogens with zero attached hydrogens (tertiary/aromatic N) is 1. The van der Waals surface area contributed by atoms with E-state index in [1.54, 1.807) is 17.0 Å². The maximum Gasteiger partial charge on any atom is 0.247 e. The van der Waals surface area contributed by atoms with Gasteiger partial charge in [-0.15, -0.1) is 11.8 Å². The van der Waals surface area contributed by atoms with Gasteiger partial charge in [-0.05, 0) is 30.2 Å². The first-order valence-corrected chi connectivity index (χ1v) is 9.17. The summed E-state index contributed by atoms with van der Waals surface area (Å²) in [6.07, 6.45) is 0. The highest BCUT2D eigenvalue weighted by atomic mass is 32.2. The minimum absolute atomic E-state index is 0.0977. The molecule has 0 aromatic heterocycles. The van der Waals surface area contributed by atoms with Crippen molar-refractivity contribution in [3.05, 3.63) is 71.5 Å². The van der Waals surface area contributed by atoms with E-state index in [4.69, 9.17) is 0 Å². The third-order valence-corrected chi connectivity index (χ3v) is 5.28. The van der Waals surface area contributed by atoms with E-state index in [0.29, 0.717) is 12.3 Å². The summed E-state index contributed by atoms with van der Waals surface area (Å²) >= 11 is 1.45. The second kappa shape index (κ2) is 7.70. The summed E-state index contributed by atoms with van der Waals surface area (Å²) in [7, 11) is 0. The Morgan fingerprint density at radius 2 is 1.92 bits per heavy atom. The minimum Gasteiger partial charge on any atom is -0.354 e. The number of carbonyl (C=O) groups excluding carboxylic acids is 2. The zero-order valence-electron chi connectivity index (χ0n) is 13.8. The maximum atomic E-state index is 13.2. The molecule has 25 heavy (non-hydrogen) atoms. The number of amides is 2. The molecule has 1 saturated heterocycles. The zero-order chi connectivity index (χ0) is 17.8. The van der Waals surface area contributed by atoms with E-state index in [-0.39, 0.29) is 23.0 Å². The molecule has 1 fully saturated rings. The number of carbonyl (C=O) groups is 2. The first-order valence-electron chi connectivity index (χ1n) is 8.12. The van der Waals surface area contributed by atoms with Crippen molar-refractivity contribution in [2.24, 2.45) is 0 Å². The van der Waals surface area contributed by atoms with Crippen molar-refractivity contribution in [2.75, 3.05) is 12.3 Å². The van der Waals surface area contributed by atoms with Crippen LogP contribution in [0.25, 0.3) is 0 Å². The van der Waals surface area contributed by atoms with E-state index in [9.17, 15) is 14.0 Å². The molecule has 0 bridgehead atoms. The van der Waals surface area contributed by atoms with Crippen molar-refractivity contribution >= 4 is 23.6 Å². The SMILES string of the molecule is CCNC(=O)[C@@H](c1ccccc1)N1C(=O)CS[C@H]1c1ccc(F)cc1. The lowest BCUT2D eigenvalue weighted by Gasteiger charge is -2.32. The molecule has 0 aliphatic carbocycles. The van der Waals surface area contributed by atoms with Crippen LogP contribution >= 0.6 is 11.8 Å². The summed E-state index contributed by atoms with van der Waals surface area (Å²) in [6.45, 7) is 2.33. The molecule has 3 rings (SSSR count). The highest BCUT2D eigenvalue weighted by molar-refractivity contribution is 8.00. The summed E-state index contributed by atoms with van der Waals surface area (Å²) in [4.78, 5) is 26.9. The van der Waals surface area contributed by atoms with Gasteiger partial charge < -0.3 is 10.2 Å². The van der Waals surface area contributed by atoms with Gasteiger partial charge in [0, 0.05) is 6.54 Å². The summed E-state index contributed by atoms with van der Waals surface area (Å²) in [5, 5.41) is 2.50. The van der Waals surface area contributed by atoms with Crippen LogP contribution in [0.1, 0.15) is 29.5 Å². The molecule has 1 aliphatic rings. The average Bonchev–Trinajstić information content (AvgIpc) is 2.99. The molecule has 1 aliphatic heterocycles. The summed E-state index contributed by atoms with van der Waals surface area (Å²) < 4.78 is 13.2. The Hall–Kier alpha value is -2.34. The first kappa shape index (κ1) is 17.5. The number of hydrogen-bond donors (Lipinski definition) is 1. The van der Waals surface area contributed by atoms with Crippen LogP contribution in [0.15, 0.2) is 54.6 Å². The molecule has 2 aromatic carbocycles. The van der Waals surface area contributed by atoms with Crippen molar-refractivity contribution in [2.45, 2.75) is 18.3 Å². The lowest BCUT2D eigenvalue weighted by atomic mass is 10.0. The lowest BCUT2D eigenvalue weighted by Crippen LogP contribution is -2.42. The molecule has 2 amide bonds. The van der Waals surface area contributed by atoms with Crippen molar-refractivity contribution in [3.8, 4) is 0 Å².